The zero-order valence-corrected chi connectivity index (χ0v) is 14.0. The summed E-state index contributed by atoms with van der Waals surface area (Å²) in [5.74, 6) is -0.381. The summed E-state index contributed by atoms with van der Waals surface area (Å²) in [5.41, 5.74) is -0.402. The van der Waals surface area contributed by atoms with Crippen LogP contribution < -0.4 is 0 Å². The molecule has 0 aliphatic carbocycles. The van der Waals surface area contributed by atoms with Gasteiger partial charge in [0.15, 0.2) is 0 Å². The summed E-state index contributed by atoms with van der Waals surface area (Å²) in [5, 5.41) is 0. The van der Waals surface area contributed by atoms with E-state index in [1.54, 1.807) is 11.9 Å². The van der Waals surface area contributed by atoms with Gasteiger partial charge in [0.1, 0.15) is 5.82 Å². The molecule has 1 amide bonds. The molecular weight excluding hydrogens is 319 g/mol. The fourth-order valence-corrected chi connectivity index (χ4v) is 5.24. The van der Waals surface area contributed by atoms with E-state index < -0.39 is 21.4 Å². The third-order valence-corrected chi connectivity index (χ3v) is 6.95. The standard InChI is InChI=1S/C16H21FN2O3S/c1-18-15(20)4-2-9-16(18)10-3-11-19(12-16)23(21,22)14-7-5-13(17)6-8-14/h5-8H,2-4,9-12H2,1H3/t16-/m0/s1. The van der Waals surface area contributed by atoms with Crippen molar-refractivity contribution < 1.29 is 17.6 Å². The predicted molar refractivity (Wildman–Crippen MR) is 83.7 cm³/mol. The van der Waals surface area contributed by atoms with E-state index in [-0.39, 0.29) is 10.8 Å². The molecule has 1 aromatic rings. The zero-order valence-electron chi connectivity index (χ0n) is 13.2. The van der Waals surface area contributed by atoms with Crippen LogP contribution in [0.15, 0.2) is 29.2 Å². The number of likely N-dealkylation sites (tertiary alicyclic amines) is 1. The molecule has 2 fully saturated rings. The van der Waals surface area contributed by atoms with E-state index in [1.165, 1.54) is 16.4 Å². The number of amides is 1. The lowest BCUT2D eigenvalue weighted by Gasteiger charge is -2.50. The molecule has 0 N–H and O–H groups in total. The molecule has 0 radical (unpaired) electrons. The van der Waals surface area contributed by atoms with Gasteiger partial charge in [-0.25, -0.2) is 12.8 Å². The summed E-state index contributed by atoms with van der Waals surface area (Å²) >= 11 is 0. The smallest absolute Gasteiger partial charge is 0.243 e. The highest BCUT2D eigenvalue weighted by molar-refractivity contribution is 7.89. The first-order valence-corrected chi connectivity index (χ1v) is 9.32. The largest absolute Gasteiger partial charge is 0.339 e. The third-order valence-electron chi connectivity index (χ3n) is 5.09. The number of sulfonamides is 1. The van der Waals surface area contributed by atoms with Gasteiger partial charge in [-0.05, 0) is 49.9 Å². The van der Waals surface area contributed by atoms with Gasteiger partial charge >= 0.3 is 0 Å². The number of carbonyl (C=O) groups excluding carboxylic acids is 1. The lowest BCUT2D eigenvalue weighted by atomic mass is 9.81. The van der Waals surface area contributed by atoms with Crippen LogP contribution in [0.4, 0.5) is 4.39 Å². The molecular formula is C16H21FN2O3S. The summed E-state index contributed by atoms with van der Waals surface area (Å²) in [6.45, 7) is 0.748. The Morgan fingerprint density at radius 2 is 1.78 bits per heavy atom. The number of nitrogens with zero attached hydrogens (tertiary/aromatic N) is 2. The molecule has 0 saturated carbocycles. The van der Waals surface area contributed by atoms with Gasteiger partial charge in [-0.1, -0.05) is 0 Å². The third kappa shape index (κ3) is 2.87. The Morgan fingerprint density at radius 3 is 2.48 bits per heavy atom. The second-order valence-electron chi connectivity index (χ2n) is 6.43. The van der Waals surface area contributed by atoms with Crippen molar-refractivity contribution in [2.75, 3.05) is 20.1 Å². The second-order valence-corrected chi connectivity index (χ2v) is 8.36. The number of rotatable bonds is 2. The Hall–Kier alpha value is -1.47. The second kappa shape index (κ2) is 5.87. The van der Waals surface area contributed by atoms with Gasteiger partial charge < -0.3 is 4.90 Å². The van der Waals surface area contributed by atoms with Crippen molar-refractivity contribution in [1.82, 2.24) is 9.21 Å². The number of benzene rings is 1. The zero-order chi connectivity index (χ0) is 16.7. The summed E-state index contributed by atoms with van der Waals surface area (Å²) in [7, 11) is -1.89. The summed E-state index contributed by atoms with van der Waals surface area (Å²) in [6.07, 6.45) is 3.70. The van der Waals surface area contributed by atoms with Crippen LogP contribution in [-0.2, 0) is 14.8 Å². The molecule has 2 saturated heterocycles. The van der Waals surface area contributed by atoms with Crippen LogP contribution in [0.2, 0.25) is 0 Å². The average Bonchev–Trinajstić information content (AvgIpc) is 2.53. The van der Waals surface area contributed by atoms with Gasteiger partial charge in [0.05, 0.1) is 10.4 Å². The van der Waals surface area contributed by atoms with Gasteiger partial charge in [-0.2, -0.15) is 4.31 Å². The lowest BCUT2D eigenvalue weighted by molar-refractivity contribution is -0.141. The molecule has 0 unspecified atom stereocenters. The number of piperidine rings is 2. The minimum atomic E-state index is -3.67. The van der Waals surface area contributed by atoms with Gasteiger partial charge in [0.25, 0.3) is 0 Å². The Morgan fingerprint density at radius 1 is 1.13 bits per heavy atom. The van der Waals surface area contributed by atoms with Gasteiger partial charge in [-0.15, -0.1) is 0 Å². The van der Waals surface area contributed by atoms with E-state index in [9.17, 15) is 17.6 Å². The summed E-state index contributed by atoms with van der Waals surface area (Å²) < 4.78 is 40.1. The Kier molecular flexibility index (Phi) is 4.18. The monoisotopic (exact) mass is 340 g/mol. The van der Waals surface area contributed by atoms with E-state index in [4.69, 9.17) is 0 Å². The van der Waals surface area contributed by atoms with E-state index in [1.807, 2.05) is 0 Å². The Bertz CT molecular complexity index is 701. The van der Waals surface area contributed by atoms with Crippen molar-refractivity contribution in [2.45, 2.75) is 42.5 Å². The molecule has 1 atom stereocenters. The average molecular weight is 340 g/mol. The van der Waals surface area contributed by atoms with Gasteiger partial charge in [-0.3, -0.25) is 4.79 Å². The highest BCUT2D eigenvalue weighted by Gasteiger charge is 2.45. The first kappa shape index (κ1) is 16.4. The van der Waals surface area contributed by atoms with E-state index >= 15 is 0 Å². The first-order chi connectivity index (χ1) is 10.8. The quantitative estimate of drug-likeness (QED) is 0.827. The fourth-order valence-electron chi connectivity index (χ4n) is 3.68. The molecule has 7 heteroatoms. The van der Waals surface area contributed by atoms with Crippen molar-refractivity contribution in [1.29, 1.82) is 0 Å². The molecule has 2 aliphatic rings. The highest BCUT2D eigenvalue weighted by Crippen LogP contribution is 2.37. The van der Waals surface area contributed by atoms with Crippen molar-refractivity contribution in [3.8, 4) is 0 Å². The molecule has 23 heavy (non-hydrogen) atoms. The molecule has 2 heterocycles. The van der Waals surface area contributed by atoms with E-state index in [0.717, 1.165) is 37.8 Å². The van der Waals surface area contributed by atoms with Crippen molar-refractivity contribution >= 4 is 15.9 Å². The molecule has 2 aliphatic heterocycles. The molecule has 126 valence electrons. The van der Waals surface area contributed by atoms with Crippen molar-refractivity contribution in [2.24, 2.45) is 0 Å². The minimum Gasteiger partial charge on any atom is -0.339 e. The first-order valence-electron chi connectivity index (χ1n) is 7.88. The highest BCUT2D eigenvalue weighted by atomic mass is 32.2. The van der Waals surface area contributed by atoms with Crippen LogP contribution in [0.5, 0.6) is 0 Å². The molecule has 1 spiro atoms. The molecule has 0 bridgehead atoms. The summed E-state index contributed by atoms with van der Waals surface area (Å²) in [4.78, 5) is 13.9. The van der Waals surface area contributed by atoms with E-state index in [2.05, 4.69) is 0 Å². The maximum absolute atomic E-state index is 13.0. The summed E-state index contributed by atoms with van der Waals surface area (Å²) in [6, 6.07) is 4.90. The maximum atomic E-state index is 13.0. The van der Waals surface area contributed by atoms with Gasteiger partial charge in [0.2, 0.25) is 15.9 Å². The van der Waals surface area contributed by atoms with Crippen molar-refractivity contribution in [3.05, 3.63) is 30.1 Å². The molecule has 5 nitrogen and oxygen atoms in total. The maximum Gasteiger partial charge on any atom is 0.243 e. The van der Waals surface area contributed by atoms with Crippen LogP contribution in [-0.4, -0.2) is 49.2 Å². The molecule has 0 aromatic heterocycles. The topological polar surface area (TPSA) is 57.7 Å². The Balaban J connectivity index is 1.88. The van der Waals surface area contributed by atoms with Gasteiger partial charge in [0, 0.05) is 26.6 Å². The number of likely N-dealkylation sites (N-methyl/N-ethyl adjacent to an activating group) is 1. The van der Waals surface area contributed by atoms with Crippen LogP contribution in [0.25, 0.3) is 0 Å². The number of hydrogen-bond donors (Lipinski definition) is 0. The predicted octanol–water partition coefficient (Wildman–Crippen LogP) is 1.99. The molecule has 3 rings (SSSR count). The molecule has 1 aromatic carbocycles. The SMILES string of the molecule is CN1C(=O)CCC[C@@]12CCCN(S(=O)(=O)c1ccc(F)cc1)C2. The lowest BCUT2D eigenvalue weighted by Crippen LogP contribution is -2.61. The van der Waals surface area contributed by atoms with Crippen molar-refractivity contribution in [3.63, 3.8) is 0 Å². The number of carbonyl (C=O) groups is 1. The Labute approximate surface area is 136 Å². The normalized spacial score (nSPS) is 26.7. The van der Waals surface area contributed by atoms with Crippen LogP contribution >= 0.6 is 0 Å². The van der Waals surface area contributed by atoms with Crippen LogP contribution in [0.1, 0.15) is 32.1 Å². The van der Waals surface area contributed by atoms with Crippen LogP contribution in [0.3, 0.4) is 0 Å². The number of hydrogen-bond acceptors (Lipinski definition) is 3. The number of halogens is 1. The minimum absolute atomic E-state index is 0.0808. The fraction of sp³-hybridized carbons (Fsp3) is 0.562. The van der Waals surface area contributed by atoms with Crippen LogP contribution in [0, 0.1) is 5.82 Å². The van der Waals surface area contributed by atoms with E-state index in [0.29, 0.717) is 19.5 Å².